The van der Waals surface area contributed by atoms with Crippen LogP contribution in [0.15, 0.2) is 83.9 Å². The Kier molecular flexibility index (Phi) is 2.86. The van der Waals surface area contributed by atoms with Crippen molar-refractivity contribution in [2.24, 2.45) is 0 Å². The van der Waals surface area contributed by atoms with Crippen molar-refractivity contribution < 1.29 is 0 Å². The summed E-state index contributed by atoms with van der Waals surface area (Å²) in [5.41, 5.74) is 5.33. The van der Waals surface area contributed by atoms with Crippen LogP contribution in [0.3, 0.4) is 0 Å². The lowest BCUT2D eigenvalue weighted by atomic mass is 10.0. The minimum atomic E-state index is 0.0327. The summed E-state index contributed by atoms with van der Waals surface area (Å²) in [4.78, 5) is 12.9. The Balaban J connectivity index is 2.06. The van der Waals surface area contributed by atoms with Crippen LogP contribution in [0.4, 0.5) is 0 Å². The molecule has 120 valence electrons. The van der Waals surface area contributed by atoms with Crippen LogP contribution >= 0.6 is 0 Å². The number of fused-ring (bicyclic) bond motifs is 4. The molecule has 0 bridgehead atoms. The maximum atomic E-state index is 12.9. The van der Waals surface area contributed by atoms with Crippen molar-refractivity contribution in [2.45, 2.75) is 6.92 Å². The van der Waals surface area contributed by atoms with Gasteiger partial charge in [0.15, 0.2) is 0 Å². The minimum absolute atomic E-state index is 0.0327. The summed E-state index contributed by atoms with van der Waals surface area (Å²) in [6.07, 6.45) is 3.98. The number of rotatable bonds is 1. The first kappa shape index (κ1) is 14.1. The summed E-state index contributed by atoms with van der Waals surface area (Å²) < 4.78 is 3.95. The van der Waals surface area contributed by atoms with Gasteiger partial charge in [-0.25, -0.2) is 0 Å². The van der Waals surface area contributed by atoms with Gasteiger partial charge in [0.2, 0.25) is 0 Å². The van der Waals surface area contributed by atoms with E-state index in [1.807, 2.05) is 48.7 Å². The van der Waals surface area contributed by atoms with Crippen molar-refractivity contribution in [1.82, 2.24) is 8.97 Å². The highest BCUT2D eigenvalue weighted by molar-refractivity contribution is 5.97. The van der Waals surface area contributed by atoms with Crippen molar-refractivity contribution in [3.63, 3.8) is 0 Å². The van der Waals surface area contributed by atoms with Crippen LogP contribution in [-0.4, -0.2) is 8.97 Å². The lowest BCUT2D eigenvalue weighted by Gasteiger charge is -2.17. The molecule has 0 amide bonds. The Hall–Kier alpha value is -3.33. The number of aryl methyl sites for hydroxylation is 1. The standard InChI is InChI=1S/C22H16N2O/c1-15-9-11-16(12-10-15)20-21-18-7-2-3-8-19(18)22(25)24(21)14-17-6-4-5-13-23(17)20/h2-14H,1H3. The summed E-state index contributed by atoms with van der Waals surface area (Å²) in [5, 5.41) is 1.74. The van der Waals surface area contributed by atoms with E-state index in [-0.39, 0.29) is 5.56 Å². The van der Waals surface area contributed by atoms with E-state index in [4.69, 9.17) is 0 Å². The highest BCUT2D eigenvalue weighted by Crippen LogP contribution is 2.34. The Labute approximate surface area is 144 Å². The number of pyridine rings is 1. The first-order valence-electron chi connectivity index (χ1n) is 8.34. The third-order valence-electron chi connectivity index (χ3n) is 4.82. The summed E-state index contributed by atoms with van der Waals surface area (Å²) in [7, 11) is 0. The lowest BCUT2D eigenvalue weighted by Crippen LogP contribution is -2.14. The quantitative estimate of drug-likeness (QED) is 0.440. The van der Waals surface area contributed by atoms with Gasteiger partial charge in [0.05, 0.1) is 16.9 Å². The second-order valence-corrected chi connectivity index (χ2v) is 6.41. The fraction of sp³-hybridized carbons (Fsp3) is 0.0455. The molecule has 0 atom stereocenters. The van der Waals surface area contributed by atoms with E-state index in [0.29, 0.717) is 0 Å². The van der Waals surface area contributed by atoms with Crippen LogP contribution in [0.25, 0.3) is 33.2 Å². The van der Waals surface area contributed by atoms with Gasteiger partial charge in [0, 0.05) is 28.7 Å². The van der Waals surface area contributed by atoms with Gasteiger partial charge >= 0.3 is 0 Å². The Bertz CT molecular complexity index is 1260. The average molecular weight is 324 g/mol. The SMILES string of the molecule is Cc1ccc(-c2c3c4ccccc4c(=O)n-3cc3ccccn23)cc1. The molecule has 0 radical (unpaired) electrons. The third kappa shape index (κ3) is 1.96. The third-order valence-corrected chi connectivity index (χ3v) is 4.82. The molecule has 2 aromatic carbocycles. The van der Waals surface area contributed by atoms with Crippen molar-refractivity contribution in [1.29, 1.82) is 0 Å². The molecule has 2 aliphatic heterocycles. The zero-order chi connectivity index (χ0) is 17.0. The van der Waals surface area contributed by atoms with Gasteiger partial charge in [-0.05, 0) is 25.1 Å². The zero-order valence-electron chi connectivity index (χ0n) is 13.8. The number of hydrogen-bond donors (Lipinski definition) is 0. The number of hydrogen-bond acceptors (Lipinski definition) is 1. The molecule has 0 saturated carbocycles. The molecular formula is C22H16N2O. The normalized spacial score (nSPS) is 11.6. The van der Waals surface area contributed by atoms with E-state index in [1.54, 1.807) is 4.57 Å². The monoisotopic (exact) mass is 324 g/mol. The van der Waals surface area contributed by atoms with Crippen molar-refractivity contribution in [2.75, 3.05) is 0 Å². The zero-order valence-corrected chi connectivity index (χ0v) is 13.8. The molecule has 0 N–H and O–H groups in total. The van der Waals surface area contributed by atoms with E-state index in [2.05, 4.69) is 41.8 Å². The fourth-order valence-electron chi connectivity index (χ4n) is 3.60. The summed E-state index contributed by atoms with van der Waals surface area (Å²) in [6.45, 7) is 2.08. The van der Waals surface area contributed by atoms with Gasteiger partial charge in [0.25, 0.3) is 5.56 Å². The number of nitrogens with zero attached hydrogens (tertiary/aromatic N) is 2. The molecule has 1 aromatic heterocycles. The van der Waals surface area contributed by atoms with Crippen LogP contribution in [-0.2, 0) is 0 Å². The summed E-state index contributed by atoms with van der Waals surface area (Å²) in [5.74, 6) is 0. The molecule has 5 rings (SSSR count). The van der Waals surface area contributed by atoms with E-state index < -0.39 is 0 Å². The van der Waals surface area contributed by atoms with E-state index in [9.17, 15) is 4.79 Å². The van der Waals surface area contributed by atoms with Crippen LogP contribution in [0.2, 0.25) is 0 Å². The Morgan fingerprint density at radius 3 is 2.32 bits per heavy atom. The van der Waals surface area contributed by atoms with Gasteiger partial charge in [-0.15, -0.1) is 0 Å². The van der Waals surface area contributed by atoms with Crippen molar-refractivity contribution in [3.8, 4) is 16.9 Å². The van der Waals surface area contributed by atoms with Gasteiger partial charge in [-0.2, -0.15) is 0 Å². The van der Waals surface area contributed by atoms with Gasteiger partial charge in [-0.1, -0.05) is 54.1 Å². The van der Waals surface area contributed by atoms with Gasteiger partial charge in [-0.3, -0.25) is 9.36 Å². The van der Waals surface area contributed by atoms with Gasteiger partial charge < -0.3 is 4.40 Å². The smallest absolute Gasteiger partial charge is 0.263 e. The molecule has 0 spiro atoms. The molecular weight excluding hydrogens is 308 g/mol. The molecule has 0 saturated heterocycles. The van der Waals surface area contributed by atoms with Crippen molar-refractivity contribution >= 4 is 16.3 Å². The predicted molar refractivity (Wildman–Crippen MR) is 102 cm³/mol. The maximum absolute atomic E-state index is 12.9. The predicted octanol–water partition coefficient (Wildman–Crippen LogP) is 4.66. The second-order valence-electron chi connectivity index (χ2n) is 6.41. The highest BCUT2D eigenvalue weighted by Gasteiger charge is 2.21. The van der Waals surface area contributed by atoms with Crippen LogP contribution in [0.5, 0.6) is 0 Å². The van der Waals surface area contributed by atoms with E-state index in [1.165, 1.54) is 5.56 Å². The molecule has 3 heterocycles. The largest absolute Gasteiger partial charge is 0.313 e. The van der Waals surface area contributed by atoms with Crippen molar-refractivity contribution in [3.05, 3.63) is 95.0 Å². The number of aromatic nitrogens is 2. The number of benzene rings is 2. The van der Waals surface area contributed by atoms with Gasteiger partial charge in [0.1, 0.15) is 0 Å². The molecule has 3 heteroatoms. The van der Waals surface area contributed by atoms with E-state index in [0.717, 1.165) is 33.2 Å². The molecule has 2 aliphatic rings. The minimum Gasteiger partial charge on any atom is -0.313 e. The average Bonchev–Trinajstić information content (AvgIpc) is 2.93. The molecule has 3 aromatic rings. The van der Waals surface area contributed by atoms with Crippen LogP contribution in [0, 0.1) is 6.92 Å². The molecule has 0 fully saturated rings. The molecule has 3 nitrogen and oxygen atoms in total. The Morgan fingerprint density at radius 1 is 0.800 bits per heavy atom. The fourth-order valence-corrected chi connectivity index (χ4v) is 3.60. The first-order valence-corrected chi connectivity index (χ1v) is 8.34. The maximum Gasteiger partial charge on any atom is 0.263 e. The topological polar surface area (TPSA) is 26.4 Å². The molecule has 0 unspecified atom stereocenters. The second kappa shape index (κ2) is 5.08. The molecule has 25 heavy (non-hydrogen) atoms. The lowest BCUT2D eigenvalue weighted by molar-refractivity contribution is 0.990. The van der Waals surface area contributed by atoms with E-state index >= 15 is 0 Å². The summed E-state index contributed by atoms with van der Waals surface area (Å²) in [6, 6.07) is 22.3. The highest BCUT2D eigenvalue weighted by atomic mass is 16.1. The first-order chi connectivity index (χ1) is 12.2. The van der Waals surface area contributed by atoms with Crippen LogP contribution < -0.4 is 5.56 Å². The van der Waals surface area contributed by atoms with Crippen LogP contribution in [0.1, 0.15) is 5.56 Å². The summed E-state index contributed by atoms with van der Waals surface area (Å²) >= 11 is 0. The molecule has 0 aliphatic carbocycles. The Morgan fingerprint density at radius 2 is 1.52 bits per heavy atom.